The molecule has 0 radical (unpaired) electrons. The normalized spacial score (nSPS) is 14.0. The summed E-state index contributed by atoms with van der Waals surface area (Å²) in [7, 11) is -9.91. The van der Waals surface area contributed by atoms with E-state index in [2.05, 4.69) is 52.0 Å². The van der Waals surface area contributed by atoms with Gasteiger partial charge in [-0.15, -0.1) is 0 Å². The van der Waals surface area contributed by atoms with E-state index < -0.39 is 97.5 Å². The summed E-state index contributed by atoms with van der Waals surface area (Å²) in [6.07, 6.45) is 65.2. The molecule has 566 valence electrons. The summed E-state index contributed by atoms with van der Waals surface area (Å²) in [5, 5.41) is 10.6. The van der Waals surface area contributed by atoms with Crippen molar-refractivity contribution in [2.24, 2.45) is 0 Å². The molecule has 0 amide bonds. The Morgan fingerprint density at radius 3 is 0.760 bits per heavy atom. The molecule has 0 fully saturated rings. The molecule has 17 nitrogen and oxygen atoms in total. The van der Waals surface area contributed by atoms with E-state index in [1.54, 1.807) is 0 Å². The minimum absolute atomic E-state index is 0.102. The van der Waals surface area contributed by atoms with E-state index in [-0.39, 0.29) is 25.7 Å². The number of aliphatic hydroxyl groups is 1. The molecule has 0 bridgehead atoms. The fourth-order valence-electron chi connectivity index (χ4n) is 11.4. The van der Waals surface area contributed by atoms with Gasteiger partial charge in [0.1, 0.15) is 19.3 Å². The summed E-state index contributed by atoms with van der Waals surface area (Å²) >= 11 is 0. The lowest BCUT2D eigenvalue weighted by molar-refractivity contribution is -0.161. The quantitative estimate of drug-likeness (QED) is 0.0169. The first-order valence-electron chi connectivity index (χ1n) is 39.6. The number of rotatable bonds is 76. The average molecular weight is 1410 g/mol. The molecule has 0 spiro atoms. The Morgan fingerprint density at radius 2 is 0.500 bits per heavy atom. The Hall–Kier alpha value is -2.46. The molecule has 0 aliphatic heterocycles. The molecule has 3 N–H and O–H groups in total. The third kappa shape index (κ3) is 70.0. The van der Waals surface area contributed by atoms with Crippen LogP contribution in [0, 0.1) is 0 Å². The van der Waals surface area contributed by atoms with Gasteiger partial charge in [-0.2, -0.15) is 0 Å². The lowest BCUT2D eigenvalue weighted by atomic mass is 10.0. The van der Waals surface area contributed by atoms with Crippen LogP contribution in [0.5, 0.6) is 0 Å². The van der Waals surface area contributed by atoms with Gasteiger partial charge in [-0.3, -0.25) is 37.3 Å². The number of aliphatic hydroxyl groups excluding tert-OH is 1. The molecule has 0 heterocycles. The molecule has 5 atom stereocenters. The van der Waals surface area contributed by atoms with Gasteiger partial charge in [-0.1, -0.05) is 335 Å². The second-order valence-corrected chi connectivity index (χ2v) is 30.0. The van der Waals surface area contributed by atoms with Gasteiger partial charge in [0, 0.05) is 25.7 Å². The predicted molar refractivity (Wildman–Crippen MR) is 391 cm³/mol. The summed E-state index contributed by atoms with van der Waals surface area (Å²) in [6, 6.07) is 0. The van der Waals surface area contributed by atoms with Crippen LogP contribution in [0.25, 0.3) is 0 Å². The van der Waals surface area contributed by atoms with Crippen molar-refractivity contribution in [3.63, 3.8) is 0 Å². The van der Waals surface area contributed by atoms with Gasteiger partial charge in [0.05, 0.1) is 26.4 Å². The highest BCUT2D eigenvalue weighted by molar-refractivity contribution is 7.47. The summed E-state index contributed by atoms with van der Waals surface area (Å²) in [4.78, 5) is 72.5. The summed E-state index contributed by atoms with van der Waals surface area (Å²) in [5.41, 5.74) is 0. The largest absolute Gasteiger partial charge is 0.472 e. The van der Waals surface area contributed by atoms with Crippen LogP contribution in [0.2, 0.25) is 0 Å². The molecule has 0 aliphatic rings. The molecule has 0 aromatic carbocycles. The molecule has 0 rings (SSSR count). The lowest BCUT2D eigenvalue weighted by Crippen LogP contribution is -2.30. The van der Waals surface area contributed by atoms with E-state index in [4.69, 9.17) is 37.0 Å². The van der Waals surface area contributed by atoms with Gasteiger partial charge in [0.25, 0.3) is 0 Å². The highest BCUT2D eigenvalue weighted by Gasteiger charge is 2.30. The first-order valence-corrected chi connectivity index (χ1v) is 42.6. The molecule has 2 unspecified atom stereocenters. The van der Waals surface area contributed by atoms with E-state index in [9.17, 15) is 43.2 Å². The highest BCUT2D eigenvalue weighted by atomic mass is 31.2. The molecule has 0 aliphatic carbocycles. The van der Waals surface area contributed by atoms with Crippen molar-refractivity contribution in [2.45, 2.75) is 406 Å². The average Bonchev–Trinajstić information content (AvgIpc) is 1.37. The van der Waals surface area contributed by atoms with Gasteiger partial charge in [-0.05, 0) is 51.4 Å². The maximum atomic E-state index is 13.1. The van der Waals surface area contributed by atoms with Gasteiger partial charge >= 0.3 is 39.5 Å². The van der Waals surface area contributed by atoms with Crippen molar-refractivity contribution in [2.75, 3.05) is 39.6 Å². The summed E-state index contributed by atoms with van der Waals surface area (Å²) < 4.78 is 68.3. The zero-order valence-electron chi connectivity index (χ0n) is 61.8. The van der Waals surface area contributed by atoms with E-state index in [1.165, 1.54) is 193 Å². The van der Waals surface area contributed by atoms with E-state index >= 15 is 0 Å². The molecular weight excluding hydrogens is 1260 g/mol. The van der Waals surface area contributed by atoms with E-state index in [0.717, 1.165) is 116 Å². The maximum Gasteiger partial charge on any atom is 0.472 e. The number of carbonyl (C=O) groups excluding carboxylic acids is 4. The topological polar surface area (TPSA) is 237 Å². The van der Waals surface area contributed by atoms with Crippen molar-refractivity contribution in [1.82, 2.24) is 0 Å². The van der Waals surface area contributed by atoms with Gasteiger partial charge < -0.3 is 33.8 Å². The van der Waals surface area contributed by atoms with Crippen LogP contribution in [0.3, 0.4) is 0 Å². The van der Waals surface area contributed by atoms with Crippen molar-refractivity contribution in [1.29, 1.82) is 0 Å². The molecule has 0 aromatic heterocycles. The third-order valence-corrected chi connectivity index (χ3v) is 19.4. The standard InChI is InChI=1S/C77H146O17P2/c1-5-9-13-17-20-23-26-29-32-33-34-35-36-37-38-40-43-46-49-52-56-60-64-77(82)94-73(68-88-75(80)62-58-54-50-47-44-42-39-30-27-24-21-18-14-10-6-2)70-92-96(85,86)90-66-71(78)65-89-95(83,84)91-69-72(67-87-74(79)61-57-53-16-12-8-4)93-76(81)63-59-55-51-48-45-41-31-28-25-22-19-15-11-7-3/h24,27,30,39,71-73,78H,5-23,25-26,28-29,31-38,40-70H2,1-4H3,(H,83,84)(H,85,86)/b27-24-,39-30-/t71-,72+,73+/m0/s1. The molecular formula is C77H146O17P2. The van der Waals surface area contributed by atoms with Crippen LogP contribution in [-0.2, 0) is 65.4 Å². The Labute approximate surface area is 586 Å². The summed E-state index contributed by atoms with van der Waals surface area (Å²) in [6.45, 7) is 4.84. The molecule has 0 saturated carbocycles. The SMILES string of the molecule is CCCCCC/C=C\C=C/CCCCCCCC(=O)OC[C@H](COP(=O)(O)OC[C@@H](O)COP(=O)(O)OC[C@@H](COC(=O)CCCCCCC)OC(=O)CCCCCCCCCCCCCCCC)OC(=O)CCCCCCCCCCCCCCCCCCCCCCCC. The first kappa shape index (κ1) is 93.5. The van der Waals surface area contributed by atoms with Gasteiger partial charge in [0.15, 0.2) is 12.2 Å². The van der Waals surface area contributed by atoms with Crippen LogP contribution in [0.4, 0.5) is 0 Å². The van der Waals surface area contributed by atoms with Crippen LogP contribution < -0.4 is 0 Å². The van der Waals surface area contributed by atoms with Crippen molar-refractivity contribution in [3.8, 4) is 0 Å². The first-order chi connectivity index (χ1) is 46.7. The maximum absolute atomic E-state index is 13.1. The zero-order valence-corrected chi connectivity index (χ0v) is 63.6. The number of ether oxygens (including phenoxy) is 4. The third-order valence-electron chi connectivity index (χ3n) is 17.5. The Morgan fingerprint density at radius 1 is 0.292 bits per heavy atom. The van der Waals surface area contributed by atoms with Gasteiger partial charge in [0.2, 0.25) is 0 Å². The van der Waals surface area contributed by atoms with E-state index in [1.807, 2.05) is 0 Å². The highest BCUT2D eigenvalue weighted by Crippen LogP contribution is 2.45. The Kier molecular flexibility index (Phi) is 69.1. The molecule has 0 aromatic rings. The Balaban J connectivity index is 5.14. The molecule has 19 heteroatoms. The lowest BCUT2D eigenvalue weighted by Gasteiger charge is -2.21. The van der Waals surface area contributed by atoms with Gasteiger partial charge in [-0.25, -0.2) is 9.13 Å². The predicted octanol–water partition coefficient (Wildman–Crippen LogP) is 22.6. The number of hydrogen-bond acceptors (Lipinski definition) is 15. The summed E-state index contributed by atoms with van der Waals surface area (Å²) in [5.74, 6) is -2.15. The number of unbranched alkanes of at least 4 members (excludes halogenated alkanes) is 47. The zero-order chi connectivity index (χ0) is 70.4. The van der Waals surface area contributed by atoms with Crippen molar-refractivity contribution < 1.29 is 80.2 Å². The number of allylic oxidation sites excluding steroid dienone is 4. The van der Waals surface area contributed by atoms with Crippen LogP contribution in [0.15, 0.2) is 24.3 Å². The smallest absolute Gasteiger partial charge is 0.462 e. The number of carbonyl (C=O) groups is 4. The van der Waals surface area contributed by atoms with Crippen LogP contribution in [0.1, 0.15) is 387 Å². The van der Waals surface area contributed by atoms with Crippen LogP contribution >= 0.6 is 15.6 Å². The monoisotopic (exact) mass is 1410 g/mol. The number of hydrogen-bond donors (Lipinski definition) is 3. The van der Waals surface area contributed by atoms with E-state index in [0.29, 0.717) is 25.7 Å². The fourth-order valence-corrected chi connectivity index (χ4v) is 13.0. The number of phosphoric ester groups is 2. The molecule has 0 saturated heterocycles. The van der Waals surface area contributed by atoms with Crippen LogP contribution in [-0.4, -0.2) is 96.7 Å². The number of esters is 4. The molecule has 96 heavy (non-hydrogen) atoms. The second kappa shape index (κ2) is 71.0. The fraction of sp³-hybridized carbons (Fsp3) is 0.896. The van der Waals surface area contributed by atoms with Crippen molar-refractivity contribution >= 4 is 39.5 Å². The van der Waals surface area contributed by atoms with Crippen molar-refractivity contribution in [3.05, 3.63) is 24.3 Å². The minimum Gasteiger partial charge on any atom is -0.462 e. The second-order valence-electron chi connectivity index (χ2n) is 27.1. The Bertz CT molecular complexity index is 1920. The minimum atomic E-state index is -4.96. The number of phosphoric acid groups is 2.